The number of hydrogen-bond donors (Lipinski definition) is 2. The van der Waals surface area contributed by atoms with Crippen molar-refractivity contribution in [2.24, 2.45) is 16.6 Å². The molecule has 0 aromatic heterocycles. The maximum Gasteiger partial charge on any atom is 0.188 e. The lowest BCUT2D eigenvalue weighted by atomic mass is 10.1. The Hall–Kier alpha value is -0.970. The van der Waals surface area contributed by atoms with Crippen molar-refractivity contribution >= 4 is 29.2 Å². The molecule has 0 saturated heterocycles. The van der Waals surface area contributed by atoms with E-state index in [1.807, 2.05) is 12.1 Å². The van der Waals surface area contributed by atoms with Crippen LogP contribution < -0.4 is 11.1 Å². The maximum absolute atomic E-state index is 6.21. The molecule has 1 aromatic carbocycles. The summed E-state index contributed by atoms with van der Waals surface area (Å²) in [5, 5.41) is 4.40. The van der Waals surface area contributed by atoms with Gasteiger partial charge >= 0.3 is 0 Å². The van der Waals surface area contributed by atoms with Gasteiger partial charge in [-0.3, -0.25) is 4.99 Å². The first-order chi connectivity index (χ1) is 9.61. The Morgan fingerprint density at radius 3 is 3.00 bits per heavy atom. The molecule has 0 bridgehead atoms. The second-order valence-corrected chi connectivity index (χ2v) is 5.76. The van der Waals surface area contributed by atoms with Crippen LogP contribution in [0.4, 0.5) is 0 Å². The summed E-state index contributed by atoms with van der Waals surface area (Å²) in [5.74, 6) is 1.45. The predicted octanol–water partition coefficient (Wildman–Crippen LogP) is 2.65. The van der Waals surface area contributed by atoms with Crippen molar-refractivity contribution in [1.29, 1.82) is 0 Å². The molecule has 1 aliphatic carbocycles. The first-order valence-electron chi connectivity index (χ1n) is 6.59. The molecule has 0 radical (unpaired) electrons. The van der Waals surface area contributed by atoms with E-state index < -0.39 is 0 Å². The second kappa shape index (κ2) is 7.16. The van der Waals surface area contributed by atoms with Gasteiger partial charge in [0.25, 0.3) is 0 Å². The van der Waals surface area contributed by atoms with Gasteiger partial charge in [0.15, 0.2) is 5.96 Å². The standard InChI is InChI=1S/C14H19Cl2N3O/c1-20-5-4-18-14(17)19-8-9-6-12(9)11-3-2-10(15)7-13(11)16/h2-3,7,9,12H,4-6,8H2,1H3,(H3,17,18,19). The number of benzene rings is 1. The number of halogens is 2. The number of ether oxygens (including phenoxy) is 1. The molecular weight excluding hydrogens is 297 g/mol. The highest BCUT2D eigenvalue weighted by atomic mass is 35.5. The number of nitrogens with zero attached hydrogens (tertiary/aromatic N) is 1. The Morgan fingerprint density at radius 2 is 2.30 bits per heavy atom. The van der Waals surface area contributed by atoms with Gasteiger partial charge in [0.1, 0.15) is 0 Å². The first kappa shape index (κ1) is 15.4. The van der Waals surface area contributed by atoms with Crippen molar-refractivity contribution in [1.82, 2.24) is 5.32 Å². The Labute approximate surface area is 129 Å². The summed E-state index contributed by atoms with van der Waals surface area (Å²) in [6, 6.07) is 5.67. The average Bonchev–Trinajstić information content (AvgIpc) is 3.16. The normalized spacial score (nSPS) is 21.9. The van der Waals surface area contributed by atoms with E-state index in [-0.39, 0.29) is 0 Å². The van der Waals surface area contributed by atoms with Crippen LogP contribution in [0, 0.1) is 5.92 Å². The summed E-state index contributed by atoms with van der Waals surface area (Å²) in [6.45, 7) is 2.00. The van der Waals surface area contributed by atoms with Gasteiger partial charge in [-0.2, -0.15) is 0 Å². The van der Waals surface area contributed by atoms with Crippen LogP contribution in [-0.2, 0) is 4.74 Å². The average molecular weight is 316 g/mol. The fourth-order valence-corrected chi connectivity index (χ4v) is 2.73. The molecular formula is C14H19Cl2N3O. The van der Waals surface area contributed by atoms with E-state index in [1.165, 1.54) is 0 Å². The van der Waals surface area contributed by atoms with E-state index in [4.69, 9.17) is 33.7 Å². The minimum absolute atomic E-state index is 0.468. The summed E-state index contributed by atoms with van der Waals surface area (Å²) in [6.07, 6.45) is 1.09. The number of nitrogens with one attached hydrogen (secondary N) is 1. The largest absolute Gasteiger partial charge is 0.383 e. The molecule has 3 N–H and O–H groups in total. The molecule has 2 unspecified atom stereocenters. The van der Waals surface area contributed by atoms with Crippen LogP contribution in [0.15, 0.2) is 23.2 Å². The lowest BCUT2D eigenvalue weighted by Crippen LogP contribution is -2.34. The zero-order valence-electron chi connectivity index (χ0n) is 11.4. The Kier molecular flexibility index (Phi) is 5.52. The molecule has 6 heteroatoms. The van der Waals surface area contributed by atoms with E-state index in [9.17, 15) is 0 Å². The van der Waals surface area contributed by atoms with E-state index in [1.54, 1.807) is 13.2 Å². The van der Waals surface area contributed by atoms with Crippen LogP contribution in [0.1, 0.15) is 17.9 Å². The van der Waals surface area contributed by atoms with E-state index >= 15 is 0 Å². The molecule has 110 valence electrons. The zero-order chi connectivity index (χ0) is 14.5. The van der Waals surface area contributed by atoms with Crippen LogP contribution >= 0.6 is 23.2 Å². The van der Waals surface area contributed by atoms with Crippen LogP contribution in [0.2, 0.25) is 10.0 Å². The van der Waals surface area contributed by atoms with E-state index in [2.05, 4.69) is 10.3 Å². The number of methoxy groups -OCH3 is 1. The summed E-state index contributed by atoms with van der Waals surface area (Å²) in [4.78, 5) is 4.34. The quantitative estimate of drug-likeness (QED) is 0.482. The van der Waals surface area contributed by atoms with Gasteiger partial charge in [-0.1, -0.05) is 29.3 Å². The lowest BCUT2D eigenvalue weighted by Gasteiger charge is -2.05. The van der Waals surface area contributed by atoms with Crippen molar-refractivity contribution in [3.8, 4) is 0 Å². The van der Waals surface area contributed by atoms with Crippen molar-refractivity contribution in [3.63, 3.8) is 0 Å². The van der Waals surface area contributed by atoms with Crippen molar-refractivity contribution in [2.75, 3.05) is 26.8 Å². The molecule has 0 heterocycles. The Morgan fingerprint density at radius 1 is 1.50 bits per heavy atom. The third-order valence-electron chi connectivity index (χ3n) is 3.39. The molecule has 2 rings (SSSR count). The summed E-state index contributed by atoms with van der Waals surface area (Å²) < 4.78 is 4.93. The fourth-order valence-electron chi connectivity index (χ4n) is 2.19. The van der Waals surface area contributed by atoms with Crippen LogP contribution in [0.25, 0.3) is 0 Å². The summed E-state index contributed by atoms with van der Waals surface area (Å²) in [7, 11) is 1.65. The Bertz CT molecular complexity index is 493. The molecule has 1 saturated carbocycles. The summed E-state index contributed by atoms with van der Waals surface area (Å²) >= 11 is 12.1. The third kappa shape index (κ3) is 4.27. The minimum atomic E-state index is 0.468. The maximum atomic E-state index is 6.21. The number of aliphatic imine (C=N–C) groups is 1. The van der Waals surface area contributed by atoms with Crippen LogP contribution in [0.5, 0.6) is 0 Å². The molecule has 0 amide bonds. The molecule has 0 aliphatic heterocycles. The second-order valence-electron chi connectivity index (χ2n) is 4.91. The van der Waals surface area contributed by atoms with Gasteiger partial charge < -0.3 is 15.8 Å². The number of nitrogens with two attached hydrogens (primary N) is 1. The number of hydrogen-bond acceptors (Lipinski definition) is 2. The number of guanidine groups is 1. The SMILES string of the molecule is COCCNC(N)=NCC1CC1c1ccc(Cl)cc1Cl. The minimum Gasteiger partial charge on any atom is -0.383 e. The number of rotatable bonds is 6. The molecule has 1 aromatic rings. The van der Waals surface area contributed by atoms with Crippen LogP contribution in [-0.4, -0.2) is 32.8 Å². The van der Waals surface area contributed by atoms with E-state index in [0.717, 1.165) is 23.6 Å². The van der Waals surface area contributed by atoms with Gasteiger partial charge in [-0.05, 0) is 36.0 Å². The molecule has 1 fully saturated rings. The topological polar surface area (TPSA) is 59.6 Å². The van der Waals surface area contributed by atoms with Crippen molar-refractivity contribution < 1.29 is 4.74 Å². The fraction of sp³-hybridized carbons (Fsp3) is 0.500. The van der Waals surface area contributed by atoms with Crippen molar-refractivity contribution in [2.45, 2.75) is 12.3 Å². The molecule has 20 heavy (non-hydrogen) atoms. The van der Waals surface area contributed by atoms with Gasteiger partial charge in [0.05, 0.1) is 6.61 Å². The van der Waals surface area contributed by atoms with Gasteiger partial charge in [-0.25, -0.2) is 0 Å². The highest BCUT2D eigenvalue weighted by molar-refractivity contribution is 6.35. The van der Waals surface area contributed by atoms with E-state index in [0.29, 0.717) is 36.0 Å². The molecule has 2 atom stereocenters. The summed E-state index contributed by atoms with van der Waals surface area (Å²) in [5.41, 5.74) is 6.92. The first-order valence-corrected chi connectivity index (χ1v) is 7.35. The van der Waals surface area contributed by atoms with Crippen molar-refractivity contribution in [3.05, 3.63) is 33.8 Å². The van der Waals surface area contributed by atoms with Crippen LogP contribution in [0.3, 0.4) is 0 Å². The Balaban J connectivity index is 1.81. The zero-order valence-corrected chi connectivity index (χ0v) is 12.9. The molecule has 1 aliphatic rings. The van der Waals surface area contributed by atoms with Gasteiger partial charge in [0, 0.05) is 30.2 Å². The smallest absolute Gasteiger partial charge is 0.188 e. The predicted molar refractivity (Wildman–Crippen MR) is 83.7 cm³/mol. The van der Waals surface area contributed by atoms with Gasteiger partial charge in [0.2, 0.25) is 0 Å². The lowest BCUT2D eigenvalue weighted by molar-refractivity contribution is 0.204. The third-order valence-corrected chi connectivity index (χ3v) is 3.96. The highest BCUT2D eigenvalue weighted by Crippen LogP contribution is 2.49. The molecule has 4 nitrogen and oxygen atoms in total. The monoisotopic (exact) mass is 315 g/mol. The highest BCUT2D eigenvalue weighted by Gasteiger charge is 2.39. The van der Waals surface area contributed by atoms with Gasteiger partial charge in [-0.15, -0.1) is 0 Å². The molecule has 0 spiro atoms.